The number of ether oxygens (including phenoxy) is 2. The largest absolute Gasteiger partial charge is 0.492 e. The summed E-state index contributed by atoms with van der Waals surface area (Å²) in [6.07, 6.45) is 3.54. The summed E-state index contributed by atoms with van der Waals surface area (Å²) in [5, 5.41) is 2.46. The molecule has 1 unspecified atom stereocenters. The number of sulfonamides is 1. The second-order valence-corrected chi connectivity index (χ2v) is 14.4. The van der Waals surface area contributed by atoms with Crippen LogP contribution in [0.5, 0.6) is 11.6 Å². The van der Waals surface area contributed by atoms with Gasteiger partial charge in [-0.2, -0.15) is 4.31 Å². The number of urea groups is 1. The number of nitrogens with zero attached hydrogens (tertiary/aromatic N) is 5. The Morgan fingerprint density at radius 1 is 1.00 bits per heavy atom. The van der Waals surface area contributed by atoms with Crippen molar-refractivity contribution in [2.45, 2.75) is 43.2 Å². The molecule has 3 aliphatic rings. The van der Waals surface area contributed by atoms with Gasteiger partial charge in [0, 0.05) is 44.0 Å². The first kappa shape index (κ1) is 34.9. The van der Waals surface area contributed by atoms with Gasteiger partial charge in [-0.3, -0.25) is 9.69 Å². The number of fused-ring (bicyclic) bond motifs is 1. The number of likely N-dealkylation sites (tertiary alicyclic amines) is 1. The molecule has 3 amide bonds. The number of piperazine rings is 1. The maximum absolute atomic E-state index is 15.4. The molecule has 12 nitrogen and oxygen atoms in total. The van der Waals surface area contributed by atoms with Crippen molar-refractivity contribution in [2.75, 3.05) is 63.8 Å². The lowest BCUT2D eigenvalue weighted by Gasteiger charge is -2.43. The van der Waals surface area contributed by atoms with Gasteiger partial charge in [0.05, 0.1) is 29.5 Å². The summed E-state index contributed by atoms with van der Waals surface area (Å²) < 4.78 is 56.5. The number of halogens is 2. The highest BCUT2D eigenvalue weighted by Crippen LogP contribution is 2.50. The minimum atomic E-state index is -4.73. The first-order valence-electron chi connectivity index (χ1n) is 16.4. The zero-order valence-electron chi connectivity index (χ0n) is 27.7. The van der Waals surface area contributed by atoms with Crippen molar-refractivity contribution in [1.82, 2.24) is 25.0 Å². The van der Waals surface area contributed by atoms with E-state index in [1.807, 2.05) is 0 Å². The normalized spacial score (nSPS) is 20.7. The molecule has 0 aliphatic carbocycles. The fraction of sp³-hybridized carbons (Fsp3) is 0.441. The molecule has 0 bridgehead atoms. The molecule has 0 radical (unpaired) electrons. The Labute approximate surface area is 290 Å². The lowest BCUT2D eigenvalue weighted by molar-refractivity contribution is -0.121. The molecule has 0 spiro atoms. The molecule has 3 aliphatic heterocycles. The van der Waals surface area contributed by atoms with Crippen LogP contribution in [0.15, 0.2) is 59.6 Å². The molecular weight excluding hydrogens is 675 g/mol. The van der Waals surface area contributed by atoms with E-state index in [1.54, 1.807) is 24.8 Å². The van der Waals surface area contributed by atoms with E-state index < -0.39 is 38.3 Å². The van der Waals surface area contributed by atoms with E-state index in [2.05, 4.69) is 27.1 Å². The number of rotatable bonds is 9. The van der Waals surface area contributed by atoms with Gasteiger partial charge < -0.3 is 24.6 Å². The van der Waals surface area contributed by atoms with E-state index in [4.69, 9.17) is 21.1 Å². The summed E-state index contributed by atoms with van der Waals surface area (Å²) in [5.41, 5.74) is -2.58. The Morgan fingerprint density at radius 2 is 1.69 bits per heavy atom. The summed E-state index contributed by atoms with van der Waals surface area (Å²) in [7, 11) is -2.62. The number of aromatic nitrogens is 1. The quantitative estimate of drug-likeness (QED) is 0.349. The summed E-state index contributed by atoms with van der Waals surface area (Å²) in [6, 6.07) is 10.8. The molecular formula is C34H40ClFN6O6S. The van der Waals surface area contributed by atoms with Crippen molar-refractivity contribution in [3.05, 3.63) is 76.7 Å². The molecule has 2 fully saturated rings. The number of anilines is 1. The lowest BCUT2D eigenvalue weighted by atomic mass is 9.84. The second kappa shape index (κ2) is 14.1. The lowest BCUT2D eigenvalue weighted by Crippen LogP contribution is -2.61. The average Bonchev–Trinajstić information content (AvgIpc) is 3.33. The average molecular weight is 715 g/mol. The van der Waals surface area contributed by atoms with E-state index in [0.717, 1.165) is 38.1 Å². The topological polar surface area (TPSA) is 125 Å². The van der Waals surface area contributed by atoms with E-state index in [-0.39, 0.29) is 46.6 Å². The van der Waals surface area contributed by atoms with Crippen molar-refractivity contribution in [3.8, 4) is 11.6 Å². The maximum Gasteiger partial charge on any atom is 0.318 e. The van der Waals surface area contributed by atoms with Crippen LogP contribution in [0.25, 0.3) is 0 Å². The number of benzene rings is 2. The fourth-order valence-corrected chi connectivity index (χ4v) is 8.67. The van der Waals surface area contributed by atoms with Gasteiger partial charge in [0.1, 0.15) is 16.5 Å². The first-order valence-corrected chi connectivity index (χ1v) is 18.2. The number of carbonyl (C=O) groups is 2. The molecule has 2 aromatic carbocycles. The Balaban J connectivity index is 1.45. The highest BCUT2D eigenvalue weighted by molar-refractivity contribution is 7.93. The Bertz CT molecular complexity index is 1830. The zero-order chi connectivity index (χ0) is 34.9. The molecule has 262 valence electrons. The molecule has 49 heavy (non-hydrogen) atoms. The molecule has 2 saturated heterocycles. The van der Waals surface area contributed by atoms with Crippen molar-refractivity contribution >= 4 is 39.2 Å². The monoisotopic (exact) mass is 714 g/mol. The highest BCUT2D eigenvalue weighted by Gasteiger charge is 2.59. The predicted molar refractivity (Wildman–Crippen MR) is 182 cm³/mol. The minimum Gasteiger partial charge on any atom is -0.492 e. The molecule has 1 N–H and O–H groups in total. The van der Waals surface area contributed by atoms with Crippen molar-refractivity contribution in [1.29, 1.82) is 0 Å². The van der Waals surface area contributed by atoms with Crippen LogP contribution in [0.3, 0.4) is 0 Å². The van der Waals surface area contributed by atoms with Crippen LogP contribution in [-0.2, 0) is 20.4 Å². The van der Waals surface area contributed by atoms with Gasteiger partial charge in [0.15, 0.2) is 5.54 Å². The molecule has 4 heterocycles. The summed E-state index contributed by atoms with van der Waals surface area (Å²) in [4.78, 5) is 39.6. The third kappa shape index (κ3) is 6.31. The SMILES string of the molecule is CCOc1ccccc1S(=O)(=O)N1C(=O)C(NC(=O)N2CCN(C3CCN(C)CC3)CC2)(c2cccnc2OCC)c2cc(F)c(Cl)cc21. The van der Waals surface area contributed by atoms with Crippen LogP contribution in [0.4, 0.5) is 14.9 Å². The van der Waals surface area contributed by atoms with E-state index in [1.165, 1.54) is 36.5 Å². The smallest absolute Gasteiger partial charge is 0.318 e. The van der Waals surface area contributed by atoms with Crippen LogP contribution in [-0.4, -0.2) is 106 Å². The van der Waals surface area contributed by atoms with Gasteiger partial charge in [-0.1, -0.05) is 23.7 Å². The number of hydrogen-bond donors (Lipinski definition) is 1. The van der Waals surface area contributed by atoms with Gasteiger partial charge in [-0.15, -0.1) is 0 Å². The molecule has 1 atom stereocenters. The molecule has 1 aromatic heterocycles. The third-order valence-corrected chi connectivity index (χ3v) is 11.4. The van der Waals surface area contributed by atoms with Crippen molar-refractivity contribution in [2.24, 2.45) is 0 Å². The first-order chi connectivity index (χ1) is 23.5. The van der Waals surface area contributed by atoms with Crippen LogP contribution in [0.2, 0.25) is 5.02 Å². The second-order valence-electron chi connectivity index (χ2n) is 12.3. The van der Waals surface area contributed by atoms with E-state index in [9.17, 15) is 13.2 Å². The number of para-hydroxylation sites is 1. The van der Waals surface area contributed by atoms with Gasteiger partial charge in [0.2, 0.25) is 5.88 Å². The predicted octanol–water partition coefficient (Wildman–Crippen LogP) is 4.07. The Hall–Kier alpha value is -3.98. The van der Waals surface area contributed by atoms with Gasteiger partial charge >= 0.3 is 6.03 Å². The Kier molecular flexibility index (Phi) is 10.0. The summed E-state index contributed by atoms with van der Waals surface area (Å²) >= 11 is 6.24. The molecule has 6 rings (SSSR count). The third-order valence-electron chi connectivity index (χ3n) is 9.39. The number of pyridine rings is 1. The number of carbonyl (C=O) groups excluding carboxylic acids is 2. The molecule has 15 heteroatoms. The molecule has 0 saturated carbocycles. The summed E-state index contributed by atoms with van der Waals surface area (Å²) in [5.74, 6) is -1.99. The van der Waals surface area contributed by atoms with E-state index >= 15 is 9.18 Å². The molecule has 3 aromatic rings. The van der Waals surface area contributed by atoms with Gasteiger partial charge in [-0.25, -0.2) is 22.6 Å². The van der Waals surface area contributed by atoms with Crippen molar-refractivity contribution in [3.63, 3.8) is 0 Å². The maximum atomic E-state index is 15.4. The van der Waals surface area contributed by atoms with Crippen LogP contribution in [0, 0.1) is 5.82 Å². The van der Waals surface area contributed by atoms with Crippen molar-refractivity contribution < 1.29 is 31.9 Å². The van der Waals surface area contributed by atoms with Gasteiger partial charge in [0.25, 0.3) is 15.9 Å². The number of hydrogen-bond acceptors (Lipinski definition) is 9. The van der Waals surface area contributed by atoms with Crippen LogP contribution < -0.4 is 19.1 Å². The number of nitrogens with one attached hydrogen (secondary N) is 1. The Morgan fingerprint density at radius 3 is 2.39 bits per heavy atom. The standard InChI is InChI=1S/C34H40ClFN6O6S/c1-4-47-29-10-6-7-11-30(29)49(45,46)42-28-22-26(35)27(36)21-25(28)34(32(42)43,24-9-8-14-37-31(24)48-5-2)38-33(44)41-19-17-40(18-20-41)23-12-15-39(3)16-13-23/h6-11,14,21-23H,4-5,12-13,15-20H2,1-3H3,(H,38,44). The van der Waals surface area contributed by atoms with Crippen LogP contribution in [0.1, 0.15) is 37.8 Å². The summed E-state index contributed by atoms with van der Waals surface area (Å²) in [6.45, 7) is 7.77. The highest BCUT2D eigenvalue weighted by atomic mass is 35.5. The minimum absolute atomic E-state index is 0.0213. The fourth-order valence-electron chi connectivity index (χ4n) is 6.92. The number of amides is 3. The van der Waals surface area contributed by atoms with Gasteiger partial charge in [-0.05, 0) is 83.2 Å². The zero-order valence-corrected chi connectivity index (χ0v) is 29.3. The number of piperidine rings is 1. The van der Waals surface area contributed by atoms with E-state index in [0.29, 0.717) is 36.5 Å². The van der Waals surface area contributed by atoms with Crippen LogP contribution >= 0.6 is 11.6 Å².